The number of aryl methyl sites for hydroxylation is 4. The molecule has 0 saturated carbocycles. The van der Waals surface area contributed by atoms with Crippen molar-refractivity contribution in [2.75, 3.05) is 0 Å². The Morgan fingerprint density at radius 1 is 0.700 bits per heavy atom. The van der Waals surface area contributed by atoms with Gasteiger partial charge in [0.1, 0.15) is 3.14 Å². The summed E-state index contributed by atoms with van der Waals surface area (Å²) in [6.07, 6.45) is 0. The topological polar surface area (TPSA) is 0 Å². The van der Waals surface area contributed by atoms with Gasteiger partial charge in [-0.15, -0.1) is 45.3 Å². The van der Waals surface area contributed by atoms with Crippen LogP contribution in [0.25, 0.3) is 20.9 Å². The smallest absolute Gasteiger partial charge is 0.144 e. The Labute approximate surface area is 140 Å². The fraction of sp³-hybridized carbons (Fsp3) is 0.267. The molecule has 20 heavy (non-hydrogen) atoms. The SMILES string of the molecule is Cc1cc(-c2sc(=S)sc2-c2cc(C)sc2C)c(C)s1. The van der Waals surface area contributed by atoms with E-state index in [4.69, 9.17) is 12.2 Å². The Hall–Kier alpha value is -0.330. The van der Waals surface area contributed by atoms with Gasteiger partial charge in [-0.25, -0.2) is 0 Å². The fourth-order valence-corrected chi connectivity index (χ4v) is 7.14. The molecule has 0 amide bonds. The molecule has 5 heteroatoms. The molecule has 0 aromatic carbocycles. The summed E-state index contributed by atoms with van der Waals surface area (Å²) in [6, 6.07) is 4.59. The Kier molecular flexibility index (Phi) is 3.99. The lowest BCUT2D eigenvalue weighted by molar-refractivity contribution is 1.59. The maximum atomic E-state index is 5.46. The van der Waals surface area contributed by atoms with Crippen molar-refractivity contribution in [2.24, 2.45) is 0 Å². The van der Waals surface area contributed by atoms with Crippen LogP contribution in [-0.4, -0.2) is 0 Å². The number of thiophene rings is 2. The molecule has 0 aliphatic rings. The minimum absolute atomic E-state index is 1.02. The van der Waals surface area contributed by atoms with Crippen LogP contribution < -0.4 is 0 Å². The number of hydrogen-bond donors (Lipinski definition) is 0. The lowest BCUT2D eigenvalue weighted by atomic mass is 10.1. The summed E-state index contributed by atoms with van der Waals surface area (Å²) in [4.78, 5) is 8.21. The van der Waals surface area contributed by atoms with Crippen molar-refractivity contribution in [3.05, 3.63) is 34.8 Å². The molecule has 0 nitrogen and oxygen atoms in total. The Bertz CT molecular complexity index is 758. The first kappa shape index (κ1) is 14.6. The van der Waals surface area contributed by atoms with Crippen LogP contribution in [0, 0.1) is 30.8 Å². The lowest BCUT2D eigenvalue weighted by Gasteiger charge is -2.02. The van der Waals surface area contributed by atoms with E-state index in [0.717, 1.165) is 3.14 Å². The van der Waals surface area contributed by atoms with Gasteiger partial charge in [0.05, 0.1) is 9.75 Å². The second-order valence-electron chi connectivity index (χ2n) is 4.77. The Balaban J connectivity index is 2.26. The maximum absolute atomic E-state index is 5.46. The van der Waals surface area contributed by atoms with Gasteiger partial charge in [-0.05, 0) is 39.8 Å². The largest absolute Gasteiger partial charge is 0.145 e. The third-order valence-corrected chi connectivity index (χ3v) is 7.80. The molecule has 3 rings (SSSR count). The average Bonchev–Trinajstić information content (AvgIpc) is 2.97. The third-order valence-electron chi connectivity index (χ3n) is 3.15. The predicted molar refractivity (Wildman–Crippen MR) is 98.6 cm³/mol. The molecular weight excluding hydrogens is 341 g/mol. The molecule has 3 heterocycles. The summed E-state index contributed by atoms with van der Waals surface area (Å²) in [5.74, 6) is 0. The summed E-state index contributed by atoms with van der Waals surface area (Å²) in [5, 5.41) is 0. The molecule has 0 radical (unpaired) electrons. The first-order chi connectivity index (χ1) is 9.45. The normalized spacial score (nSPS) is 11.2. The van der Waals surface area contributed by atoms with Gasteiger partial charge in [-0.2, -0.15) is 0 Å². The van der Waals surface area contributed by atoms with Crippen LogP contribution in [0.2, 0.25) is 0 Å². The van der Waals surface area contributed by atoms with Gasteiger partial charge in [0.25, 0.3) is 0 Å². The van der Waals surface area contributed by atoms with E-state index in [2.05, 4.69) is 39.8 Å². The van der Waals surface area contributed by atoms with Gasteiger partial charge in [-0.3, -0.25) is 0 Å². The summed E-state index contributed by atoms with van der Waals surface area (Å²) < 4.78 is 1.02. The van der Waals surface area contributed by atoms with Gasteiger partial charge in [0.2, 0.25) is 0 Å². The Morgan fingerprint density at radius 2 is 1.10 bits per heavy atom. The molecule has 0 atom stereocenters. The molecule has 0 aliphatic carbocycles. The van der Waals surface area contributed by atoms with E-state index >= 15 is 0 Å². The van der Waals surface area contributed by atoms with Crippen LogP contribution in [0.1, 0.15) is 19.5 Å². The van der Waals surface area contributed by atoms with Gasteiger partial charge in [0.15, 0.2) is 0 Å². The van der Waals surface area contributed by atoms with Gasteiger partial charge < -0.3 is 0 Å². The van der Waals surface area contributed by atoms with Crippen molar-refractivity contribution < 1.29 is 0 Å². The first-order valence-electron chi connectivity index (χ1n) is 6.24. The summed E-state index contributed by atoms with van der Waals surface area (Å²) in [5.41, 5.74) is 2.73. The summed E-state index contributed by atoms with van der Waals surface area (Å²) in [7, 11) is 0. The zero-order chi connectivity index (χ0) is 14.4. The quantitative estimate of drug-likeness (QED) is 0.437. The average molecular weight is 355 g/mol. The monoisotopic (exact) mass is 354 g/mol. The molecule has 3 aromatic heterocycles. The van der Waals surface area contributed by atoms with Gasteiger partial charge in [-0.1, -0.05) is 12.2 Å². The zero-order valence-electron chi connectivity index (χ0n) is 11.7. The molecular formula is C15H14S5. The lowest BCUT2D eigenvalue weighted by Crippen LogP contribution is -1.77. The standard InChI is InChI=1S/C15H14S5/c1-7-5-11(9(3)17-7)13-14(20-15(16)19-13)12-6-8(2)18-10(12)4/h5-6H,1-4H3. The molecule has 3 aromatic rings. The molecule has 104 valence electrons. The van der Waals surface area contributed by atoms with Crippen LogP contribution in [0.3, 0.4) is 0 Å². The number of hydrogen-bond acceptors (Lipinski definition) is 5. The second-order valence-corrected chi connectivity index (χ2v) is 10.9. The van der Waals surface area contributed by atoms with Crippen molar-refractivity contribution in [1.82, 2.24) is 0 Å². The van der Waals surface area contributed by atoms with Crippen molar-refractivity contribution in [1.29, 1.82) is 0 Å². The molecule has 0 aliphatic heterocycles. The first-order valence-corrected chi connectivity index (χ1v) is 9.92. The molecule has 0 spiro atoms. The van der Waals surface area contributed by atoms with Crippen LogP contribution in [0.4, 0.5) is 0 Å². The van der Waals surface area contributed by atoms with Crippen molar-refractivity contribution in [2.45, 2.75) is 27.7 Å². The van der Waals surface area contributed by atoms with Crippen molar-refractivity contribution in [3.8, 4) is 20.9 Å². The highest BCUT2D eigenvalue weighted by Gasteiger charge is 2.18. The summed E-state index contributed by atoms with van der Waals surface area (Å²) in [6.45, 7) is 8.75. The Morgan fingerprint density at radius 3 is 1.40 bits per heavy atom. The van der Waals surface area contributed by atoms with E-state index in [0.29, 0.717) is 0 Å². The van der Waals surface area contributed by atoms with Gasteiger partial charge in [0, 0.05) is 30.6 Å². The van der Waals surface area contributed by atoms with E-state index < -0.39 is 0 Å². The highest BCUT2D eigenvalue weighted by molar-refractivity contribution is 7.76. The van der Waals surface area contributed by atoms with E-state index in [1.165, 1.54) is 40.4 Å². The highest BCUT2D eigenvalue weighted by atomic mass is 32.2. The minimum Gasteiger partial charge on any atom is -0.145 e. The minimum atomic E-state index is 1.02. The summed E-state index contributed by atoms with van der Waals surface area (Å²) >= 11 is 12.7. The maximum Gasteiger partial charge on any atom is 0.144 e. The van der Waals surface area contributed by atoms with Crippen LogP contribution in [0.5, 0.6) is 0 Å². The molecule has 0 fully saturated rings. The van der Waals surface area contributed by atoms with Crippen LogP contribution in [0.15, 0.2) is 12.1 Å². The fourth-order valence-electron chi connectivity index (χ4n) is 2.35. The number of rotatable bonds is 2. The van der Waals surface area contributed by atoms with Crippen LogP contribution >= 0.6 is 57.6 Å². The van der Waals surface area contributed by atoms with Gasteiger partial charge >= 0.3 is 0 Å². The van der Waals surface area contributed by atoms with Crippen molar-refractivity contribution >= 4 is 57.6 Å². The molecule has 0 bridgehead atoms. The van der Waals surface area contributed by atoms with E-state index in [9.17, 15) is 0 Å². The molecule has 0 unspecified atom stereocenters. The van der Waals surface area contributed by atoms with Crippen molar-refractivity contribution in [3.63, 3.8) is 0 Å². The van der Waals surface area contributed by atoms with E-state index in [1.807, 2.05) is 22.7 Å². The van der Waals surface area contributed by atoms with Crippen LogP contribution in [-0.2, 0) is 0 Å². The zero-order valence-corrected chi connectivity index (χ0v) is 15.8. The second kappa shape index (κ2) is 5.46. The molecule has 0 saturated heterocycles. The predicted octanol–water partition coefficient (Wildman–Crippen LogP) is 7.23. The molecule has 0 N–H and O–H groups in total. The van der Waals surface area contributed by atoms with E-state index in [1.54, 1.807) is 22.7 Å². The van der Waals surface area contributed by atoms with E-state index in [-0.39, 0.29) is 0 Å². The highest BCUT2D eigenvalue weighted by Crippen LogP contribution is 2.46. The third kappa shape index (κ3) is 2.57.